The molecule has 0 saturated carbocycles. The van der Waals surface area contributed by atoms with Crippen LogP contribution < -0.4 is 14.8 Å². The Hall–Kier alpha value is -2.29. The van der Waals surface area contributed by atoms with Crippen molar-refractivity contribution in [3.05, 3.63) is 47.0 Å². The maximum atomic E-state index is 12.8. The lowest BCUT2D eigenvalue weighted by Gasteiger charge is -2.19. The average Bonchev–Trinajstić information content (AvgIpc) is 2.73. The van der Waals surface area contributed by atoms with Crippen molar-refractivity contribution in [2.75, 3.05) is 32.1 Å². The zero-order valence-corrected chi connectivity index (χ0v) is 19.8. The summed E-state index contributed by atoms with van der Waals surface area (Å²) in [5, 5.41) is 3.39. The number of rotatable bonds is 11. The van der Waals surface area contributed by atoms with E-state index in [1.54, 1.807) is 32.0 Å². The van der Waals surface area contributed by atoms with Crippen molar-refractivity contribution < 1.29 is 22.7 Å². The second-order valence-electron chi connectivity index (χ2n) is 6.86. The van der Waals surface area contributed by atoms with Gasteiger partial charge in [0.1, 0.15) is 11.5 Å². The highest BCUT2D eigenvalue weighted by molar-refractivity contribution is 7.89. The number of carbonyl (C=O) groups is 1. The van der Waals surface area contributed by atoms with Gasteiger partial charge in [0, 0.05) is 24.5 Å². The zero-order chi connectivity index (χ0) is 23.0. The molecule has 0 unspecified atom stereocenters. The molecule has 170 valence electrons. The monoisotopic (exact) mass is 468 g/mol. The van der Waals surface area contributed by atoms with Gasteiger partial charge in [0.15, 0.2) is 0 Å². The summed E-state index contributed by atoms with van der Waals surface area (Å²) in [5.41, 5.74) is 1.24. The van der Waals surface area contributed by atoms with Gasteiger partial charge in [-0.15, -0.1) is 0 Å². The average molecular weight is 469 g/mol. The SMILES string of the molecule is CCN(CC)S(=O)(=O)c1ccc(OC)c(NC(=O)CCCOc2ccc(Cl)cc2C)c1. The fourth-order valence-electron chi connectivity index (χ4n) is 3.06. The van der Waals surface area contributed by atoms with E-state index in [0.717, 1.165) is 11.3 Å². The standard InChI is InChI=1S/C22H29ClN2O5S/c1-5-25(6-2)31(27,28)18-10-12-21(29-4)19(15-18)24-22(26)8-7-13-30-20-11-9-17(23)14-16(20)3/h9-12,14-15H,5-8,13H2,1-4H3,(H,24,26). The number of sulfonamides is 1. The number of aryl methyl sites for hydroxylation is 1. The number of ether oxygens (including phenoxy) is 2. The van der Waals surface area contributed by atoms with Crippen molar-refractivity contribution in [2.24, 2.45) is 0 Å². The number of carbonyl (C=O) groups excluding carboxylic acids is 1. The minimum Gasteiger partial charge on any atom is -0.495 e. The molecule has 0 aliphatic carbocycles. The Labute approximate surface area is 189 Å². The van der Waals surface area contributed by atoms with Crippen molar-refractivity contribution in [2.45, 2.75) is 38.5 Å². The minimum atomic E-state index is -3.65. The van der Waals surface area contributed by atoms with Gasteiger partial charge in [0.2, 0.25) is 15.9 Å². The summed E-state index contributed by atoms with van der Waals surface area (Å²) < 4.78 is 37.9. The third kappa shape index (κ3) is 6.59. The van der Waals surface area contributed by atoms with Gasteiger partial charge in [0.05, 0.1) is 24.3 Å². The molecule has 0 heterocycles. The van der Waals surface area contributed by atoms with Crippen LogP contribution in [0.1, 0.15) is 32.3 Å². The lowest BCUT2D eigenvalue weighted by atomic mass is 10.2. The molecule has 0 aromatic heterocycles. The number of hydrogen-bond donors (Lipinski definition) is 1. The molecule has 0 radical (unpaired) electrons. The predicted molar refractivity (Wildman–Crippen MR) is 123 cm³/mol. The third-order valence-corrected chi connectivity index (χ3v) is 7.01. The molecule has 0 aliphatic rings. The Balaban J connectivity index is 2.01. The van der Waals surface area contributed by atoms with Gasteiger partial charge >= 0.3 is 0 Å². The molecule has 0 bridgehead atoms. The number of benzene rings is 2. The van der Waals surface area contributed by atoms with Gasteiger partial charge in [-0.05, 0) is 55.3 Å². The van der Waals surface area contributed by atoms with Crippen molar-refractivity contribution in [3.63, 3.8) is 0 Å². The van der Waals surface area contributed by atoms with Gasteiger partial charge in [-0.25, -0.2) is 8.42 Å². The van der Waals surface area contributed by atoms with Crippen LogP contribution >= 0.6 is 11.6 Å². The topological polar surface area (TPSA) is 84.9 Å². The number of nitrogens with zero attached hydrogens (tertiary/aromatic N) is 1. The molecule has 1 amide bonds. The lowest BCUT2D eigenvalue weighted by molar-refractivity contribution is -0.116. The smallest absolute Gasteiger partial charge is 0.243 e. The first-order valence-corrected chi connectivity index (χ1v) is 11.9. The van der Waals surface area contributed by atoms with Crippen LogP contribution in [-0.2, 0) is 14.8 Å². The molecule has 9 heteroatoms. The molecule has 2 rings (SSSR count). The van der Waals surface area contributed by atoms with E-state index >= 15 is 0 Å². The van der Waals surface area contributed by atoms with Crippen LogP contribution in [0.4, 0.5) is 5.69 Å². The van der Waals surface area contributed by atoms with Gasteiger partial charge in [-0.2, -0.15) is 4.31 Å². The molecule has 2 aromatic carbocycles. The van der Waals surface area contributed by atoms with Crippen LogP contribution in [0.25, 0.3) is 0 Å². The quantitative estimate of drug-likeness (QED) is 0.491. The Morgan fingerprint density at radius 1 is 1.10 bits per heavy atom. The molecular formula is C22H29ClN2O5S. The van der Waals surface area contributed by atoms with Crippen molar-refractivity contribution in [1.82, 2.24) is 4.31 Å². The van der Waals surface area contributed by atoms with Crippen LogP contribution in [0, 0.1) is 6.92 Å². The van der Waals surface area contributed by atoms with E-state index in [0.29, 0.717) is 42.6 Å². The van der Waals surface area contributed by atoms with Crippen LogP contribution in [0.15, 0.2) is 41.3 Å². The number of nitrogens with one attached hydrogen (secondary N) is 1. The molecule has 0 fully saturated rings. The first kappa shape index (κ1) is 25.0. The summed E-state index contributed by atoms with van der Waals surface area (Å²) in [6, 6.07) is 9.81. The van der Waals surface area contributed by atoms with Crippen molar-refractivity contribution in [3.8, 4) is 11.5 Å². The second-order valence-corrected chi connectivity index (χ2v) is 9.24. The Morgan fingerprint density at radius 2 is 1.77 bits per heavy atom. The normalized spacial score (nSPS) is 11.4. The molecule has 0 aliphatic heterocycles. The summed E-state index contributed by atoms with van der Waals surface area (Å²) in [5.74, 6) is 0.854. The zero-order valence-electron chi connectivity index (χ0n) is 18.3. The van der Waals surface area contributed by atoms with Gasteiger partial charge in [-0.3, -0.25) is 4.79 Å². The van der Waals surface area contributed by atoms with Gasteiger partial charge in [0.25, 0.3) is 0 Å². The highest BCUT2D eigenvalue weighted by Crippen LogP contribution is 2.29. The summed E-state index contributed by atoms with van der Waals surface area (Å²) in [7, 11) is -2.18. The van der Waals surface area contributed by atoms with Gasteiger partial charge < -0.3 is 14.8 Å². The molecule has 1 N–H and O–H groups in total. The number of halogens is 1. The fourth-order valence-corrected chi connectivity index (χ4v) is 4.77. The first-order valence-electron chi connectivity index (χ1n) is 10.1. The predicted octanol–water partition coefficient (Wildman–Crippen LogP) is 4.49. The van der Waals surface area contributed by atoms with Gasteiger partial charge in [-0.1, -0.05) is 25.4 Å². The molecule has 7 nitrogen and oxygen atoms in total. The van der Waals surface area contributed by atoms with E-state index in [1.165, 1.54) is 23.5 Å². The number of amides is 1. The summed E-state index contributed by atoms with van der Waals surface area (Å²) >= 11 is 5.94. The summed E-state index contributed by atoms with van der Waals surface area (Å²) in [4.78, 5) is 12.5. The lowest BCUT2D eigenvalue weighted by Crippen LogP contribution is -2.30. The number of hydrogen-bond acceptors (Lipinski definition) is 5. The molecule has 0 saturated heterocycles. The van der Waals surface area contributed by atoms with Crippen LogP contribution in [0.2, 0.25) is 5.02 Å². The van der Waals surface area contributed by atoms with E-state index in [2.05, 4.69) is 5.32 Å². The fraction of sp³-hybridized carbons (Fsp3) is 0.409. The summed E-state index contributed by atoms with van der Waals surface area (Å²) in [6.07, 6.45) is 0.705. The molecule has 0 atom stereocenters. The maximum Gasteiger partial charge on any atom is 0.243 e. The second kappa shape index (κ2) is 11.4. The molecular weight excluding hydrogens is 440 g/mol. The van der Waals surface area contributed by atoms with Crippen LogP contribution in [0.5, 0.6) is 11.5 Å². The summed E-state index contributed by atoms with van der Waals surface area (Å²) in [6.45, 7) is 6.55. The molecule has 31 heavy (non-hydrogen) atoms. The van der Waals surface area contributed by atoms with Crippen molar-refractivity contribution >= 4 is 33.2 Å². The highest BCUT2D eigenvalue weighted by Gasteiger charge is 2.23. The number of methoxy groups -OCH3 is 1. The third-order valence-electron chi connectivity index (χ3n) is 4.73. The van der Waals surface area contributed by atoms with Crippen LogP contribution in [0.3, 0.4) is 0 Å². The van der Waals surface area contributed by atoms with E-state index in [4.69, 9.17) is 21.1 Å². The maximum absolute atomic E-state index is 12.8. The Bertz CT molecular complexity index is 1010. The first-order chi connectivity index (χ1) is 14.7. The molecule has 0 spiro atoms. The van der Waals surface area contributed by atoms with Crippen molar-refractivity contribution in [1.29, 1.82) is 0 Å². The Morgan fingerprint density at radius 3 is 2.39 bits per heavy atom. The van der Waals surface area contributed by atoms with E-state index in [-0.39, 0.29) is 17.2 Å². The largest absolute Gasteiger partial charge is 0.495 e. The molecule has 2 aromatic rings. The minimum absolute atomic E-state index is 0.105. The van der Waals surface area contributed by atoms with E-state index in [1.807, 2.05) is 13.0 Å². The van der Waals surface area contributed by atoms with E-state index < -0.39 is 10.0 Å². The van der Waals surface area contributed by atoms with E-state index in [9.17, 15) is 13.2 Å². The number of anilines is 1. The Kier molecular flexibility index (Phi) is 9.15. The van der Waals surface area contributed by atoms with Crippen LogP contribution in [-0.4, -0.2) is 45.4 Å². The highest BCUT2D eigenvalue weighted by atomic mass is 35.5.